The molecule has 1 unspecified atom stereocenters. The van der Waals surface area contributed by atoms with Crippen LogP contribution in [0.4, 0.5) is 4.79 Å². The summed E-state index contributed by atoms with van der Waals surface area (Å²) < 4.78 is 16.8. The number of unbranched alkanes of at least 4 members (excludes halogenated alkanes) is 31. The second-order valence-electron chi connectivity index (χ2n) is 17.6. The first-order valence-electron chi connectivity index (χ1n) is 25.9. The number of carbonyl (C=O) groups is 2. The first-order valence-corrected chi connectivity index (χ1v) is 25.9. The van der Waals surface area contributed by atoms with Crippen LogP contribution in [0.5, 0.6) is 0 Å². The summed E-state index contributed by atoms with van der Waals surface area (Å²) in [7, 11) is 0. The molecule has 0 aromatic rings. The molecule has 0 aromatic heterocycles. The predicted molar refractivity (Wildman–Crippen MR) is 248 cm³/mol. The average Bonchev–Trinajstić information content (AvgIpc) is 3.22. The molecule has 0 aliphatic rings. The topological polar surface area (TPSA) is 85.3 Å². The van der Waals surface area contributed by atoms with Gasteiger partial charge < -0.3 is 24.2 Å². The summed E-state index contributed by atoms with van der Waals surface area (Å²) in [6.07, 6.45) is 46.5. The molecule has 0 saturated carbocycles. The van der Waals surface area contributed by atoms with E-state index in [1.54, 1.807) is 0 Å². The molecule has 0 rings (SSSR count). The zero-order chi connectivity index (χ0) is 42.3. The molecule has 7 heteroatoms. The number of aliphatic hydroxyl groups excluding tert-OH is 1. The lowest BCUT2D eigenvalue weighted by Crippen LogP contribution is -2.29. The van der Waals surface area contributed by atoms with E-state index in [2.05, 4.69) is 25.7 Å². The van der Waals surface area contributed by atoms with Gasteiger partial charge in [-0.2, -0.15) is 0 Å². The molecule has 346 valence electrons. The van der Waals surface area contributed by atoms with Crippen molar-refractivity contribution in [2.75, 3.05) is 39.5 Å². The smallest absolute Gasteiger partial charge is 0.466 e. The van der Waals surface area contributed by atoms with E-state index in [0.29, 0.717) is 19.6 Å². The van der Waals surface area contributed by atoms with Crippen molar-refractivity contribution in [2.45, 2.75) is 277 Å². The van der Waals surface area contributed by atoms with Crippen molar-refractivity contribution in [1.82, 2.24) is 4.90 Å². The summed E-state index contributed by atoms with van der Waals surface area (Å²) in [5.74, 6) is -0.0145. The zero-order valence-corrected chi connectivity index (χ0v) is 39.3. The molecule has 0 aliphatic heterocycles. The monoisotopic (exact) mass is 824 g/mol. The van der Waals surface area contributed by atoms with Crippen LogP contribution >= 0.6 is 0 Å². The quantitative estimate of drug-likeness (QED) is 0.0483. The van der Waals surface area contributed by atoms with Gasteiger partial charge in [0.05, 0.1) is 19.8 Å². The molecular weight excluding hydrogens is 723 g/mol. The van der Waals surface area contributed by atoms with E-state index in [9.17, 15) is 14.7 Å². The number of hydrogen-bond acceptors (Lipinski definition) is 7. The van der Waals surface area contributed by atoms with Gasteiger partial charge in [0.25, 0.3) is 0 Å². The number of aliphatic hydroxyl groups is 1. The molecule has 1 atom stereocenters. The maximum Gasteiger partial charge on any atom is 0.508 e. The third-order valence-corrected chi connectivity index (χ3v) is 11.9. The SMILES string of the molecule is CCCCCCCCCCCCCC(=O)OCCCCCCCCN(CCO)CCCCCCCCOC(=O)OC(CCCCCC)CCCCCCCCCCC. The fourth-order valence-corrected chi connectivity index (χ4v) is 8.03. The Hall–Kier alpha value is -1.34. The standard InChI is InChI=1S/C51H101NO6/c1-4-7-10-13-15-17-18-20-22-28-35-42-50(54)56-47-38-31-25-23-29-36-43-52(45-46-53)44-37-30-24-26-32-39-48-57-51(55)58-49(40-33-12-9-6-3)41-34-27-21-19-16-14-11-8-5-2/h49,53H,4-48H2,1-3H3. The van der Waals surface area contributed by atoms with Crippen LogP contribution in [-0.2, 0) is 19.0 Å². The van der Waals surface area contributed by atoms with Gasteiger partial charge in [-0.3, -0.25) is 4.79 Å². The molecule has 0 spiro atoms. The van der Waals surface area contributed by atoms with E-state index < -0.39 is 6.16 Å². The minimum Gasteiger partial charge on any atom is -0.466 e. The number of hydrogen-bond donors (Lipinski definition) is 1. The predicted octanol–water partition coefficient (Wildman–Crippen LogP) is 15.6. The lowest BCUT2D eigenvalue weighted by atomic mass is 10.0. The molecule has 7 nitrogen and oxygen atoms in total. The fraction of sp³-hybridized carbons (Fsp3) is 0.961. The van der Waals surface area contributed by atoms with Crippen LogP contribution in [0, 0.1) is 0 Å². The highest BCUT2D eigenvalue weighted by Gasteiger charge is 2.15. The van der Waals surface area contributed by atoms with Crippen LogP contribution in [0.25, 0.3) is 0 Å². The van der Waals surface area contributed by atoms with Gasteiger partial charge >= 0.3 is 12.1 Å². The number of rotatable bonds is 48. The molecule has 0 aromatic carbocycles. The van der Waals surface area contributed by atoms with Gasteiger partial charge in [-0.1, -0.05) is 207 Å². The second-order valence-corrected chi connectivity index (χ2v) is 17.6. The number of nitrogens with zero attached hydrogens (tertiary/aromatic N) is 1. The molecule has 1 N–H and O–H groups in total. The Kier molecular flexibility index (Phi) is 47.2. The van der Waals surface area contributed by atoms with Gasteiger partial charge in [0, 0.05) is 13.0 Å². The lowest BCUT2D eigenvalue weighted by molar-refractivity contribution is -0.143. The molecular formula is C51H101NO6. The van der Waals surface area contributed by atoms with Crippen molar-refractivity contribution in [1.29, 1.82) is 0 Å². The summed E-state index contributed by atoms with van der Waals surface area (Å²) >= 11 is 0. The summed E-state index contributed by atoms with van der Waals surface area (Å²) in [5, 5.41) is 9.57. The average molecular weight is 824 g/mol. The van der Waals surface area contributed by atoms with Gasteiger partial charge in [-0.15, -0.1) is 0 Å². The van der Waals surface area contributed by atoms with E-state index in [1.165, 1.54) is 173 Å². The number of carbonyl (C=O) groups excluding carboxylic acids is 2. The zero-order valence-electron chi connectivity index (χ0n) is 39.3. The number of ether oxygens (including phenoxy) is 3. The van der Waals surface area contributed by atoms with Crippen molar-refractivity contribution in [3.05, 3.63) is 0 Å². The minimum absolute atomic E-state index is 0.00214. The Bertz CT molecular complexity index is 825. The highest BCUT2D eigenvalue weighted by Crippen LogP contribution is 2.18. The van der Waals surface area contributed by atoms with Crippen LogP contribution < -0.4 is 0 Å². The molecule has 0 radical (unpaired) electrons. The Morgan fingerprint density at radius 1 is 0.414 bits per heavy atom. The first kappa shape index (κ1) is 56.7. The summed E-state index contributed by atoms with van der Waals surface area (Å²) in [5.41, 5.74) is 0. The molecule has 0 heterocycles. The van der Waals surface area contributed by atoms with Gasteiger partial charge in [0.2, 0.25) is 0 Å². The largest absolute Gasteiger partial charge is 0.508 e. The Morgan fingerprint density at radius 2 is 0.759 bits per heavy atom. The van der Waals surface area contributed by atoms with Gasteiger partial charge in [0.1, 0.15) is 6.10 Å². The third-order valence-electron chi connectivity index (χ3n) is 11.9. The van der Waals surface area contributed by atoms with Crippen LogP contribution in [0.3, 0.4) is 0 Å². The third kappa shape index (κ3) is 44.2. The minimum atomic E-state index is -0.469. The van der Waals surface area contributed by atoms with E-state index >= 15 is 0 Å². The van der Waals surface area contributed by atoms with Crippen LogP contribution in [0.1, 0.15) is 271 Å². The Balaban J connectivity index is 3.78. The van der Waals surface area contributed by atoms with Crippen molar-refractivity contribution < 1.29 is 28.9 Å². The molecule has 0 saturated heterocycles. The number of esters is 1. The normalized spacial score (nSPS) is 12.0. The van der Waals surface area contributed by atoms with Crippen molar-refractivity contribution >= 4 is 12.1 Å². The highest BCUT2D eigenvalue weighted by molar-refractivity contribution is 5.69. The summed E-state index contributed by atoms with van der Waals surface area (Å²) in [6.45, 7) is 10.9. The Morgan fingerprint density at radius 3 is 1.19 bits per heavy atom. The van der Waals surface area contributed by atoms with Crippen molar-refractivity contribution in [2.24, 2.45) is 0 Å². The maximum absolute atomic E-state index is 12.5. The van der Waals surface area contributed by atoms with Gasteiger partial charge in [0.15, 0.2) is 0 Å². The van der Waals surface area contributed by atoms with E-state index in [1.807, 2.05) is 0 Å². The Labute approximate surface area is 361 Å². The van der Waals surface area contributed by atoms with Crippen molar-refractivity contribution in [3.8, 4) is 0 Å². The van der Waals surface area contributed by atoms with E-state index in [-0.39, 0.29) is 18.7 Å². The summed E-state index contributed by atoms with van der Waals surface area (Å²) in [4.78, 5) is 26.9. The van der Waals surface area contributed by atoms with E-state index in [0.717, 1.165) is 90.3 Å². The first-order chi connectivity index (χ1) is 28.6. The summed E-state index contributed by atoms with van der Waals surface area (Å²) in [6, 6.07) is 0. The molecule has 0 fully saturated rings. The molecule has 0 amide bonds. The van der Waals surface area contributed by atoms with E-state index in [4.69, 9.17) is 14.2 Å². The molecule has 58 heavy (non-hydrogen) atoms. The highest BCUT2D eigenvalue weighted by atomic mass is 16.7. The van der Waals surface area contributed by atoms with Crippen LogP contribution in [0.2, 0.25) is 0 Å². The fourth-order valence-electron chi connectivity index (χ4n) is 8.03. The molecule has 0 bridgehead atoms. The maximum atomic E-state index is 12.5. The van der Waals surface area contributed by atoms with Gasteiger partial charge in [-0.05, 0) is 70.9 Å². The lowest BCUT2D eigenvalue weighted by Gasteiger charge is -2.21. The van der Waals surface area contributed by atoms with Crippen LogP contribution in [-0.4, -0.2) is 67.7 Å². The molecule has 0 aliphatic carbocycles. The van der Waals surface area contributed by atoms with Crippen LogP contribution in [0.15, 0.2) is 0 Å². The second kappa shape index (κ2) is 48.3. The van der Waals surface area contributed by atoms with Crippen molar-refractivity contribution in [3.63, 3.8) is 0 Å². The van der Waals surface area contributed by atoms with Gasteiger partial charge in [-0.25, -0.2) is 4.79 Å².